The standard InChI is InChI=1S/C11H14ClNO/c12-9-5-3-8(4-6-9)11(14)10-2-1-7-13-10/h3-6,10-11,13-14H,1-2,7H2/t10-,11?/m1/s1. The molecule has 1 aromatic carbocycles. The molecule has 0 aliphatic carbocycles. The van der Waals surface area contributed by atoms with Crippen LogP contribution in [0.4, 0.5) is 0 Å². The fourth-order valence-electron chi connectivity index (χ4n) is 1.87. The third-order valence-corrected chi connectivity index (χ3v) is 2.94. The highest BCUT2D eigenvalue weighted by Gasteiger charge is 2.23. The van der Waals surface area contributed by atoms with Gasteiger partial charge in [0.25, 0.3) is 0 Å². The molecule has 1 unspecified atom stereocenters. The Labute approximate surface area is 88.9 Å². The topological polar surface area (TPSA) is 32.3 Å². The van der Waals surface area contributed by atoms with Gasteiger partial charge >= 0.3 is 0 Å². The third kappa shape index (κ3) is 2.08. The van der Waals surface area contributed by atoms with Gasteiger partial charge in [-0.3, -0.25) is 0 Å². The number of hydrogen-bond acceptors (Lipinski definition) is 2. The summed E-state index contributed by atoms with van der Waals surface area (Å²) in [5, 5.41) is 14.0. The second-order valence-electron chi connectivity index (χ2n) is 3.70. The number of hydrogen-bond donors (Lipinski definition) is 2. The van der Waals surface area contributed by atoms with Gasteiger partial charge in [0.15, 0.2) is 0 Å². The number of aliphatic hydroxyl groups is 1. The Morgan fingerprint density at radius 2 is 2.07 bits per heavy atom. The maximum absolute atomic E-state index is 10.0. The Kier molecular flexibility index (Phi) is 3.06. The predicted octanol–water partition coefficient (Wildman–Crippen LogP) is 2.13. The van der Waals surface area contributed by atoms with E-state index in [2.05, 4.69) is 5.32 Å². The van der Waals surface area contributed by atoms with Crippen molar-refractivity contribution in [1.82, 2.24) is 5.32 Å². The molecule has 1 aliphatic heterocycles. The van der Waals surface area contributed by atoms with Crippen LogP contribution in [0.25, 0.3) is 0 Å². The molecule has 2 nitrogen and oxygen atoms in total. The zero-order chi connectivity index (χ0) is 9.97. The van der Waals surface area contributed by atoms with Crippen LogP contribution in [0.3, 0.4) is 0 Å². The molecule has 14 heavy (non-hydrogen) atoms. The van der Waals surface area contributed by atoms with Crippen LogP contribution < -0.4 is 5.32 Å². The summed E-state index contributed by atoms with van der Waals surface area (Å²) >= 11 is 5.78. The van der Waals surface area contributed by atoms with Gasteiger partial charge in [0.1, 0.15) is 0 Å². The Hall–Kier alpha value is -0.570. The van der Waals surface area contributed by atoms with E-state index in [1.807, 2.05) is 24.3 Å². The fourth-order valence-corrected chi connectivity index (χ4v) is 2.00. The lowest BCUT2D eigenvalue weighted by Crippen LogP contribution is -2.28. The molecule has 0 amide bonds. The first-order valence-corrected chi connectivity index (χ1v) is 5.32. The number of benzene rings is 1. The molecule has 1 heterocycles. The molecule has 3 heteroatoms. The molecule has 1 saturated heterocycles. The average Bonchev–Trinajstić information content (AvgIpc) is 2.71. The zero-order valence-electron chi connectivity index (χ0n) is 7.91. The molecule has 0 aromatic heterocycles. The molecule has 1 aliphatic rings. The summed E-state index contributed by atoms with van der Waals surface area (Å²) in [6, 6.07) is 7.60. The first kappa shape index (κ1) is 9.97. The van der Waals surface area contributed by atoms with Gasteiger partial charge in [-0.1, -0.05) is 23.7 Å². The molecule has 0 spiro atoms. The summed E-state index contributed by atoms with van der Waals surface area (Å²) in [4.78, 5) is 0. The molecular formula is C11H14ClNO. The molecule has 0 bridgehead atoms. The molecule has 76 valence electrons. The molecule has 1 fully saturated rings. The number of aliphatic hydroxyl groups excluding tert-OH is 1. The van der Waals surface area contributed by atoms with Crippen molar-refractivity contribution in [3.05, 3.63) is 34.9 Å². The summed E-state index contributed by atoms with van der Waals surface area (Å²) in [6.45, 7) is 1.01. The lowest BCUT2D eigenvalue weighted by atomic mass is 10.0. The lowest BCUT2D eigenvalue weighted by Gasteiger charge is -2.18. The van der Waals surface area contributed by atoms with Crippen LogP contribution >= 0.6 is 11.6 Å². The van der Waals surface area contributed by atoms with E-state index in [-0.39, 0.29) is 6.04 Å². The van der Waals surface area contributed by atoms with E-state index >= 15 is 0 Å². The summed E-state index contributed by atoms with van der Waals surface area (Å²) in [6.07, 6.45) is 1.79. The van der Waals surface area contributed by atoms with E-state index in [1.54, 1.807) is 0 Å². The maximum Gasteiger partial charge on any atom is 0.0942 e. The molecule has 2 N–H and O–H groups in total. The quantitative estimate of drug-likeness (QED) is 0.786. The minimum atomic E-state index is -0.408. The van der Waals surface area contributed by atoms with Crippen molar-refractivity contribution in [2.75, 3.05) is 6.54 Å². The lowest BCUT2D eigenvalue weighted by molar-refractivity contribution is 0.137. The minimum absolute atomic E-state index is 0.205. The van der Waals surface area contributed by atoms with Gasteiger partial charge in [-0.25, -0.2) is 0 Å². The van der Waals surface area contributed by atoms with Crippen LogP contribution in [0, 0.1) is 0 Å². The highest BCUT2D eigenvalue weighted by Crippen LogP contribution is 2.23. The predicted molar refractivity (Wildman–Crippen MR) is 57.4 cm³/mol. The minimum Gasteiger partial charge on any atom is -0.387 e. The first-order valence-electron chi connectivity index (χ1n) is 4.94. The van der Waals surface area contributed by atoms with Gasteiger partial charge in [-0.15, -0.1) is 0 Å². The van der Waals surface area contributed by atoms with E-state index in [0.717, 1.165) is 24.9 Å². The fraction of sp³-hybridized carbons (Fsp3) is 0.455. The second kappa shape index (κ2) is 4.30. The van der Waals surface area contributed by atoms with Crippen LogP contribution in [-0.2, 0) is 0 Å². The van der Waals surface area contributed by atoms with Crippen molar-refractivity contribution in [3.8, 4) is 0 Å². The molecule has 0 saturated carbocycles. The summed E-state index contributed by atoms with van der Waals surface area (Å²) in [5.74, 6) is 0. The highest BCUT2D eigenvalue weighted by molar-refractivity contribution is 6.30. The van der Waals surface area contributed by atoms with Gasteiger partial charge < -0.3 is 10.4 Å². The van der Waals surface area contributed by atoms with Crippen LogP contribution in [0.5, 0.6) is 0 Å². The van der Waals surface area contributed by atoms with Gasteiger partial charge in [-0.2, -0.15) is 0 Å². The Morgan fingerprint density at radius 1 is 1.36 bits per heavy atom. The Bertz CT molecular complexity index is 293. The van der Waals surface area contributed by atoms with E-state index in [0.29, 0.717) is 5.02 Å². The highest BCUT2D eigenvalue weighted by atomic mass is 35.5. The SMILES string of the molecule is OC(c1ccc(Cl)cc1)[C@H]1CCCN1. The maximum atomic E-state index is 10.0. The smallest absolute Gasteiger partial charge is 0.0942 e. The normalized spacial score (nSPS) is 23.7. The Balaban J connectivity index is 2.09. The van der Waals surface area contributed by atoms with Crippen molar-refractivity contribution in [2.45, 2.75) is 25.0 Å². The van der Waals surface area contributed by atoms with Crippen LogP contribution in [0.1, 0.15) is 24.5 Å². The molecule has 0 radical (unpaired) electrons. The van der Waals surface area contributed by atoms with Crippen LogP contribution in [-0.4, -0.2) is 17.7 Å². The van der Waals surface area contributed by atoms with E-state index < -0.39 is 6.10 Å². The number of rotatable bonds is 2. The Morgan fingerprint density at radius 3 is 2.64 bits per heavy atom. The molecule has 2 atom stereocenters. The second-order valence-corrected chi connectivity index (χ2v) is 4.14. The van der Waals surface area contributed by atoms with Crippen molar-refractivity contribution >= 4 is 11.6 Å². The van der Waals surface area contributed by atoms with Crippen LogP contribution in [0.15, 0.2) is 24.3 Å². The van der Waals surface area contributed by atoms with Crippen molar-refractivity contribution in [2.24, 2.45) is 0 Å². The van der Waals surface area contributed by atoms with E-state index in [1.165, 1.54) is 0 Å². The van der Waals surface area contributed by atoms with E-state index in [9.17, 15) is 5.11 Å². The van der Waals surface area contributed by atoms with Crippen molar-refractivity contribution in [1.29, 1.82) is 0 Å². The summed E-state index contributed by atoms with van der Waals surface area (Å²) in [7, 11) is 0. The number of nitrogens with one attached hydrogen (secondary N) is 1. The van der Waals surface area contributed by atoms with Gasteiger partial charge in [0.2, 0.25) is 0 Å². The van der Waals surface area contributed by atoms with Gasteiger partial charge in [-0.05, 0) is 37.1 Å². The summed E-state index contributed by atoms with van der Waals surface area (Å²) < 4.78 is 0. The monoisotopic (exact) mass is 211 g/mol. The van der Waals surface area contributed by atoms with Crippen LogP contribution in [0.2, 0.25) is 5.02 Å². The zero-order valence-corrected chi connectivity index (χ0v) is 8.67. The molecule has 2 rings (SSSR count). The molecular weight excluding hydrogens is 198 g/mol. The third-order valence-electron chi connectivity index (χ3n) is 2.69. The molecule has 1 aromatic rings. The van der Waals surface area contributed by atoms with Gasteiger partial charge in [0, 0.05) is 11.1 Å². The summed E-state index contributed by atoms with van der Waals surface area (Å²) in [5.41, 5.74) is 0.939. The number of halogens is 1. The average molecular weight is 212 g/mol. The first-order chi connectivity index (χ1) is 6.77. The van der Waals surface area contributed by atoms with Crippen molar-refractivity contribution in [3.63, 3.8) is 0 Å². The van der Waals surface area contributed by atoms with E-state index in [4.69, 9.17) is 11.6 Å². The van der Waals surface area contributed by atoms with Gasteiger partial charge in [0.05, 0.1) is 6.10 Å². The largest absolute Gasteiger partial charge is 0.387 e. The van der Waals surface area contributed by atoms with Crippen molar-refractivity contribution < 1.29 is 5.11 Å².